The Labute approximate surface area is 79.3 Å². The minimum atomic E-state index is -0.817. The summed E-state index contributed by atoms with van der Waals surface area (Å²) in [5.41, 5.74) is 5.08. The molecule has 4 heteroatoms. The number of benzene rings is 1. The van der Waals surface area contributed by atoms with Crippen molar-refractivity contribution in [2.45, 2.75) is 6.92 Å². The number of furan rings is 1. The molecule has 72 valence electrons. The van der Waals surface area contributed by atoms with Crippen LogP contribution in [-0.4, -0.2) is 5.91 Å². The highest BCUT2D eigenvalue weighted by Gasteiger charge is 2.16. The maximum Gasteiger partial charge on any atom is 0.255 e. The third-order valence-corrected chi connectivity index (χ3v) is 2.01. The van der Waals surface area contributed by atoms with Crippen molar-refractivity contribution in [3.8, 4) is 0 Å². The highest BCUT2D eigenvalue weighted by Crippen LogP contribution is 2.24. The van der Waals surface area contributed by atoms with Crippen LogP contribution in [0.1, 0.15) is 16.1 Å². The number of halogens is 1. The molecule has 0 bridgehead atoms. The molecule has 2 N–H and O–H groups in total. The van der Waals surface area contributed by atoms with Gasteiger partial charge < -0.3 is 10.2 Å². The minimum absolute atomic E-state index is 0.185. The van der Waals surface area contributed by atoms with Crippen LogP contribution in [0.3, 0.4) is 0 Å². The molecule has 3 nitrogen and oxygen atoms in total. The molecule has 0 saturated carbocycles. The van der Waals surface area contributed by atoms with Gasteiger partial charge in [0.2, 0.25) is 0 Å². The lowest BCUT2D eigenvalue weighted by molar-refractivity contribution is 0.0997. The van der Waals surface area contributed by atoms with Crippen LogP contribution in [0.25, 0.3) is 11.0 Å². The van der Waals surface area contributed by atoms with Crippen molar-refractivity contribution >= 4 is 16.9 Å². The second kappa shape index (κ2) is 2.83. The summed E-state index contributed by atoms with van der Waals surface area (Å²) in [5, 5.41) is 0.678. The van der Waals surface area contributed by atoms with E-state index >= 15 is 0 Å². The Balaban J connectivity index is 2.88. The summed E-state index contributed by atoms with van der Waals surface area (Å²) in [5.74, 6) is -0.852. The van der Waals surface area contributed by atoms with Crippen LogP contribution in [0.5, 0.6) is 0 Å². The van der Waals surface area contributed by atoms with E-state index in [-0.39, 0.29) is 11.1 Å². The van der Waals surface area contributed by atoms with Gasteiger partial charge in [-0.25, -0.2) is 4.39 Å². The molecule has 1 aromatic carbocycles. The summed E-state index contributed by atoms with van der Waals surface area (Å²) in [4.78, 5) is 11.0. The van der Waals surface area contributed by atoms with Crippen LogP contribution in [-0.2, 0) is 0 Å². The Morgan fingerprint density at radius 1 is 1.50 bits per heavy atom. The van der Waals surface area contributed by atoms with Gasteiger partial charge in [-0.05, 0) is 25.1 Å². The van der Waals surface area contributed by atoms with Crippen molar-refractivity contribution in [2.75, 3.05) is 0 Å². The van der Waals surface area contributed by atoms with Crippen LogP contribution in [0.15, 0.2) is 22.6 Å². The Morgan fingerprint density at radius 2 is 2.21 bits per heavy atom. The largest absolute Gasteiger partial charge is 0.460 e. The number of carbonyl (C=O) groups excluding carboxylic acids is 1. The number of fused-ring (bicyclic) bond motifs is 1. The van der Waals surface area contributed by atoms with E-state index in [1.807, 2.05) is 0 Å². The number of carbonyl (C=O) groups is 1. The highest BCUT2D eigenvalue weighted by atomic mass is 19.1. The number of primary amides is 1. The summed E-state index contributed by atoms with van der Waals surface area (Å²) in [7, 11) is 0. The summed E-state index contributed by atoms with van der Waals surface area (Å²) >= 11 is 0. The van der Waals surface area contributed by atoms with Crippen molar-refractivity contribution in [3.05, 3.63) is 35.3 Å². The van der Waals surface area contributed by atoms with Gasteiger partial charge in [0.25, 0.3) is 5.91 Å². The van der Waals surface area contributed by atoms with Crippen LogP contribution in [0.4, 0.5) is 4.39 Å². The van der Waals surface area contributed by atoms with Gasteiger partial charge in [0.1, 0.15) is 22.7 Å². The lowest BCUT2D eigenvalue weighted by Gasteiger charge is -1.98. The monoisotopic (exact) mass is 193 g/mol. The molecule has 0 aliphatic heterocycles. The summed E-state index contributed by atoms with van der Waals surface area (Å²) in [6, 6.07) is 4.48. The molecule has 0 saturated heterocycles. The number of aryl methyl sites for hydroxylation is 1. The van der Waals surface area contributed by atoms with Crippen molar-refractivity contribution in [1.82, 2.24) is 0 Å². The molecule has 0 atom stereocenters. The minimum Gasteiger partial charge on any atom is -0.460 e. The van der Waals surface area contributed by atoms with Crippen LogP contribution < -0.4 is 5.73 Å². The third kappa shape index (κ3) is 1.16. The quantitative estimate of drug-likeness (QED) is 0.752. The van der Waals surface area contributed by atoms with Gasteiger partial charge in [0, 0.05) is 5.39 Å². The van der Waals surface area contributed by atoms with E-state index < -0.39 is 11.7 Å². The fraction of sp³-hybridized carbons (Fsp3) is 0.100. The van der Waals surface area contributed by atoms with E-state index in [9.17, 15) is 9.18 Å². The number of nitrogens with two attached hydrogens (primary N) is 1. The predicted octanol–water partition coefficient (Wildman–Crippen LogP) is 1.98. The van der Waals surface area contributed by atoms with Crippen molar-refractivity contribution < 1.29 is 13.6 Å². The fourth-order valence-electron chi connectivity index (χ4n) is 1.44. The van der Waals surface area contributed by atoms with Gasteiger partial charge in [-0.2, -0.15) is 0 Å². The number of hydrogen-bond donors (Lipinski definition) is 1. The SMILES string of the molecule is Cc1cc2ccc(F)c(C(N)=O)c2o1. The molecule has 2 rings (SSSR count). The number of amides is 1. The summed E-state index contributed by atoms with van der Waals surface area (Å²) in [6.45, 7) is 1.72. The molecule has 1 amide bonds. The van der Waals surface area contributed by atoms with Crippen molar-refractivity contribution in [3.63, 3.8) is 0 Å². The first-order chi connectivity index (χ1) is 6.59. The smallest absolute Gasteiger partial charge is 0.255 e. The Kier molecular flexibility index (Phi) is 1.77. The van der Waals surface area contributed by atoms with Crippen LogP contribution >= 0.6 is 0 Å². The average molecular weight is 193 g/mol. The Morgan fingerprint density at radius 3 is 2.86 bits per heavy atom. The van der Waals surface area contributed by atoms with E-state index in [1.165, 1.54) is 6.07 Å². The lowest BCUT2D eigenvalue weighted by Crippen LogP contribution is -2.13. The maximum absolute atomic E-state index is 13.2. The molecule has 2 aromatic rings. The third-order valence-electron chi connectivity index (χ3n) is 2.01. The molecule has 1 heterocycles. The molecule has 0 fully saturated rings. The topological polar surface area (TPSA) is 56.2 Å². The average Bonchev–Trinajstić information content (AvgIpc) is 2.43. The zero-order valence-corrected chi connectivity index (χ0v) is 7.50. The molecular formula is C10H8FNO2. The zero-order chi connectivity index (χ0) is 10.3. The molecule has 0 radical (unpaired) electrons. The van der Waals surface area contributed by atoms with Gasteiger partial charge in [-0.15, -0.1) is 0 Å². The van der Waals surface area contributed by atoms with E-state index in [4.69, 9.17) is 10.2 Å². The van der Waals surface area contributed by atoms with Gasteiger partial charge in [0.05, 0.1) is 0 Å². The number of hydrogen-bond acceptors (Lipinski definition) is 2. The maximum atomic E-state index is 13.2. The van der Waals surface area contributed by atoms with Gasteiger partial charge in [-0.1, -0.05) is 0 Å². The highest BCUT2D eigenvalue weighted by molar-refractivity contribution is 6.04. The number of rotatable bonds is 1. The Bertz CT molecular complexity index is 516. The second-order valence-corrected chi connectivity index (χ2v) is 3.06. The standard InChI is InChI=1S/C10H8FNO2/c1-5-4-6-2-3-7(11)8(10(12)13)9(6)14-5/h2-4H,1H3,(H2,12,13). The predicted molar refractivity (Wildman–Crippen MR) is 49.4 cm³/mol. The lowest BCUT2D eigenvalue weighted by atomic mass is 10.1. The van der Waals surface area contributed by atoms with E-state index in [0.29, 0.717) is 11.1 Å². The van der Waals surface area contributed by atoms with Crippen molar-refractivity contribution in [2.24, 2.45) is 5.73 Å². The molecule has 1 aromatic heterocycles. The van der Waals surface area contributed by atoms with Crippen LogP contribution in [0, 0.1) is 12.7 Å². The van der Waals surface area contributed by atoms with Gasteiger partial charge in [-0.3, -0.25) is 4.79 Å². The molecule has 0 aliphatic rings. The first-order valence-corrected chi connectivity index (χ1v) is 4.08. The summed E-state index contributed by atoms with van der Waals surface area (Å²) in [6.07, 6.45) is 0. The fourth-order valence-corrected chi connectivity index (χ4v) is 1.44. The summed E-state index contributed by atoms with van der Waals surface area (Å²) < 4.78 is 18.4. The van der Waals surface area contributed by atoms with E-state index in [0.717, 1.165) is 0 Å². The van der Waals surface area contributed by atoms with E-state index in [2.05, 4.69) is 0 Å². The molecule has 0 aliphatic carbocycles. The molecule has 0 unspecified atom stereocenters. The van der Waals surface area contributed by atoms with Crippen LogP contribution in [0.2, 0.25) is 0 Å². The normalized spacial score (nSPS) is 10.7. The first kappa shape index (κ1) is 8.74. The second-order valence-electron chi connectivity index (χ2n) is 3.06. The molecular weight excluding hydrogens is 185 g/mol. The zero-order valence-electron chi connectivity index (χ0n) is 7.50. The van der Waals surface area contributed by atoms with E-state index in [1.54, 1.807) is 19.1 Å². The molecule has 0 spiro atoms. The Hall–Kier alpha value is -1.84. The molecule has 14 heavy (non-hydrogen) atoms. The van der Waals surface area contributed by atoms with Gasteiger partial charge in [0.15, 0.2) is 0 Å². The first-order valence-electron chi connectivity index (χ1n) is 4.08. The van der Waals surface area contributed by atoms with Gasteiger partial charge >= 0.3 is 0 Å². The van der Waals surface area contributed by atoms with Crippen molar-refractivity contribution in [1.29, 1.82) is 0 Å².